The molecular weight excluding hydrogens is 288 g/mol. The van der Waals surface area contributed by atoms with E-state index in [-0.39, 0.29) is 12.6 Å². The van der Waals surface area contributed by atoms with Gasteiger partial charge in [-0.2, -0.15) is 17.0 Å². The molecule has 1 fully saturated rings. The Kier molecular flexibility index (Phi) is 5.75. The Morgan fingerprint density at radius 1 is 1.29 bits per heavy atom. The van der Waals surface area contributed by atoms with E-state index in [0.717, 1.165) is 24.8 Å². The summed E-state index contributed by atoms with van der Waals surface area (Å²) in [6, 6.07) is 9.50. The zero-order valence-electron chi connectivity index (χ0n) is 12.5. The molecule has 2 rings (SSSR count). The third-order valence-corrected chi connectivity index (χ3v) is 5.96. The summed E-state index contributed by atoms with van der Waals surface area (Å²) in [5.74, 6) is 0. The maximum absolute atomic E-state index is 12.7. The number of hydrogen-bond acceptors (Lipinski definition) is 3. The highest BCUT2D eigenvalue weighted by Crippen LogP contribution is 2.24. The molecule has 1 aromatic carbocycles. The van der Waals surface area contributed by atoms with Crippen LogP contribution in [0.2, 0.25) is 0 Å². The second-order valence-corrected chi connectivity index (χ2v) is 7.51. The molecular formula is C15H24N2O3S. The fraction of sp³-hybridized carbons (Fsp3) is 0.600. The van der Waals surface area contributed by atoms with E-state index in [1.54, 1.807) is 11.4 Å². The van der Waals surface area contributed by atoms with Crippen molar-refractivity contribution in [2.45, 2.75) is 38.3 Å². The van der Waals surface area contributed by atoms with Gasteiger partial charge in [0.05, 0.1) is 0 Å². The molecule has 0 spiro atoms. The van der Waals surface area contributed by atoms with Crippen LogP contribution in [0.3, 0.4) is 0 Å². The van der Waals surface area contributed by atoms with Crippen molar-refractivity contribution in [2.75, 3.05) is 20.2 Å². The summed E-state index contributed by atoms with van der Waals surface area (Å²) in [6.07, 6.45) is 3.26. The summed E-state index contributed by atoms with van der Waals surface area (Å²) in [4.78, 5) is 0. The predicted molar refractivity (Wildman–Crippen MR) is 82.9 cm³/mol. The van der Waals surface area contributed by atoms with Crippen LogP contribution in [0.15, 0.2) is 30.3 Å². The number of hydrogen-bond donors (Lipinski definition) is 1. The van der Waals surface area contributed by atoms with Gasteiger partial charge in [-0.05, 0) is 24.8 Å². The van der Waals surface area contributed by atoms with E-state index in [4.69, 9.17) is 5.11 Å². The first-order chi connectivity index (χ1) is 10.1. The first-order valence-corrected chi connectivity index (χ1v) is 8.83. The molecule has 6 heteroatoms. The third-order valence-electron chi connectivity index (χ3n) is 3.97. The molecule has 1 aromatic rings. The van der Waals surface area contributed by atoms with Gasteiger partial charge in [-0.15, -0.1) is 0 Å². The molecule has 0 aliphatic carbocycles. The Bertz CT molecular complexity index is 531. The summed E-state index contributed by atoms with van der Waals surface area (Å²) in [5, 5.41) is 9.14. The van der Waals surface area contributed by atoms with Crippen LogP contribution in [-0.4, -0.2) is 48.4 Å². The van der Waals surface area contributed by atoms with Gasteiger partial charge < -0.3 is 5.11 Å². The molecule has 1 saturated heterocycles. The zero-order valence-corrected chi connectivity index (χ0v) is 13.3. The lowest BCUT2D eigenvalue weighted by atomic mass is 10.0. The van der Waals surface area contributed by atoms with Gasteiger partial charge in [0.1, 0.15) is 0 Å². The molecule has 0 radical (unpaired) electrons. The van der Waals surface area contributed by atoms with Crippen molar-refractivity contribution in [3.05, 3.63) is 35.9 Å². The lowest BCUT2D eigenvalue weighted by molar-refractivity contribution is 0.184. The van der Waals surface area contributed by atoms with E-state index in [9.17, 15) is 8.42 Å². The largest absolute Gasteiger partial charge is 0.396 e. The number of benzene rings is 1. The van der Waals surface area contributed by atoms with E-state index in [2.05, 4.69) is 0 Å². The van der Waals surface area contributed by atoms with E-state index in [1.807, 2.05) is 30.3 Å². The molecule has 0 aromatic heterocycles. The minimum absolute atomic E-state index is 0.0269. The van der Waals surface area contributed by atoms with Gasteiger partial charge in [0.25, 0.3) is 10.2 Å². The van der Waals surface area contributed by atoms with Crippen LogP contribution in [-0.2, 0) is 16.8 Å². The second-order valence-electron chi connectivity index (χ2n) is 5.52. The molecule has 0 saturated carbocycles. The highest BCUT2D eigenvalue weighted by atomic mass is 32.2. The molecule has 0 bridgehead atoms. The van der Waals surface area contributed by atoms with E-state index >= 15 is 0 Å². The topological polar surface area (TPSA) is 60.9 Å². The fourth-order valence-electron chi connectivity index (χ4n) is 2.82. The van der Waals surface area contributed by atoms with Crippen molar-refractivity contribution in [1.29, 1.82) is 0 Å². The molecule has 21 heavy (non-hydrogen) atoms. The first kappa shape index (κ1) is 16.4. The molecule has 0 amide bonds. The Morgan fingerprint density at radius 2 is 2.00 bits per heavy atom. The van der Waals surface area contributed by atoms with Crippen LogP contribution < -0.4 is 0 Å². The standard InChI is InChI=1S/C15H24N2O3S/c1-16(13-14-7-3-2-4-8-14)21(19,20)17-11-6-5-9-15(17)10-12-18/h2-4,7-8,15,18H,5-6,9-13H2,1H3. The average molecular weight is 312 g/mol. The highest BCUT2D eigenvalue weighted by molar-refractivity contribution is 7.86. The lowest BCUT2D eigenvalue weighted by Gasteiger charge is -2.36. The first-order valence-electron chi connectivity index (χ1n) is 7.43. The molecule has 1 atom stereocenters. The molecule has 1 aliphatic heterocycles. The van der Waals surface area contributed by atoms with Crippen molar-refractivity contribution in [3.63, 3.8) is 0 Å². The highest BCUT2D eigenvalue weighted by Gasteiger charge is 2.34. The van der Waals surface area contributed by atoms with Crippen LogP contribution in [0.5, 0.6) is 0 Å². The minimum Gasteiger partial charge on any atom is -0.396 e. The van der Waals surface area contributed by atoms with Crippen LogP contribution in [0.1, 0.15) is 31.2 Å². The third kappa shape index (κ3) is 4.03. The summed E-state index contributed by atoms with van der Waals surface area (Å²) in [5.41, 5.74) is 0.972. The lowest BCUT2D eigenvalue weighted by Crippen LogP contribution is -2.49. The van der Waals surface area contributed by atoms with Gasteiger partial charge in [-0.25, -0.2) is 0 Å². The van der Waals surface area contributed by atoms with Gasteiger partial charge >= 0.3 is 0 Å². The number of rotatable bonds is 6. The monoisotopic (exact) mass is 312 g/mol. The van der Waals surface area contributed by atoms with Crippen molar-refractivity contribution < 1.29 is 13.5 Å². The van der Waals surface area contributed by atoms with Crippen molar-refractivity contribution in [1.82, 2.24) is 8.61 Å². The van der Waals surface area contributed by atoms with Gasteiger partial charge in [0.2, 0.25) is 0 Å². The van der Waals surface area contributed by atoms with Gasteiger partial charge in [0, 0.05) is 32.8 Å². The van der Waals surface area contributed by atoms with Gasteiger partial charge in [-0.1, -0.05) is 36.8 Å². The van der Waals surface area contributed by atoms with Crippen LogP contribution in [0.25, 0.3) is 0 Å². The van der Waals surface area contributed by atoms with Crippen molar-refractivity contribution in [3.8, 4) is 0 Å². The number of piperidine rings is 1. The molecule has 118 valence electrons. The summed E-state index contributed by atoms with van der Waals surface area (Å²) in [7, 11) is -1.86. The Morgan fingerprint density at radius 3 is 2.67 bits per heavy atom. The van der Waals surface area contributed by atoms with E-state index in [1.165, 1.54) is 4.31 Å². The summed E-state index contributed by atoms with van der Waals surface area (Å²) in [6.45, 7) is 0.941. The van der Waals surface area contributed by atoms with Crippen LogP contribution in [0.4, 0.5) is 0 Å². The Balaban J connectivity index is 2.11. The minimum atomic E-state index is -3.48. The van der Waals surface area contributed by atoms with Gasteiger partial charge in [0.15, 0.2) is 0 Å². The van der Waals surface area contributed by atoms with Crippen molar-refractivity contribution in [2.24, 2.45) is 0 Å². The number of aliphatic hydroxyl groups excluding tert-OH is 1. The normalized spacial score (nSPS) is 20.8. The maximum Gasteiger partial charge on any atom is 0.282 e. The average Bonchev–Trinajstić information content (AvgIpc) is 2.49. The SMILES string of the molecule is CN(Cc1ccccc1)S(=O)(=O)N1CCCCC1CCO. The van der Waals surface area contributed by atoms with E-state index < -0.39 is 10.2 Å². The number of aliphatic hydroxyl groups is 1. The van der Waals surface area contributed by atoms with Gasteiger partial charge in [-0.3, -0.25) is 0 Å². The maximum atomic E-state index is 12.7. The predicted octanol–water partition coefficient (Wildman–Crippen LogP) is 1.60. The molecule has 1 N–H and O–H groups in total. The smallest absolute Gasteiger partial charge is 0.282 e. The Labute approximate surface area is 127 Å². The van der Waals surface area contributed by atoms with Crippen LogP contribution in [0, 0.1) is 0 Å². The zero-order chi connectivity index (χ0) is 15.3. The second kappa shape index (κ2) is 7.35. The molecule has 5 nitrogen and oxygen atoms in total. The number of nitrogens with zero attached hydrogens (tertiary/aromatic N) is 2. The van der Waals surface area contributed by atoms with E-state index in [0.29, 0.717) is 19.5 Å². The van der Waals surface area contributed by atoms with Crippen molar-refractivity contribution >= 4 is 10.2 Å². The molecule has 1 heterocycles. The fourth-order valence-corrected chi connectivity index (χ4v) is 4.43. The molecule has 1 aliphatic rings. The summed E-state index contributed by atoms with van der Waals surface area (Å²) >= 11 is 0. The van der Waals surface area contributed by atoms with Crippen LogP contribution >= 0.6 is 0 Å². The summed E-state index contributed by atoms with van der Waals surface area (Å²) < 4.78 is 28.5. The Hall–Kier alpha value is -0.950. The molecule has 1 unspecified atom stereocenters. The quantitative estimate of drug-likeness (QED) is 0.868.